The van der Waals surface area contributed by atoms with Crippen molar-refractivity contribution in [3.63, 3.8) is 0 Å². The summed E-state index contributed by atoms with van der Waals surface area (Å²) in [5.41, 5.74) is 2.93. The number of nitrogens with one attached hydrogen (secondary N) is 1. The number of ether oxygens (including phenoxy) is 2. The third-order valence-electron chi connectivity index (χ3n) is 9.92. The number of anilines is 1. The van der Waals surface area contributed by atoms with Crippen LogP contribution in [-0.2, 0) is 20.9 Å². The number of H-pyrrole nitrogens is 1. The van der Waals surface area contributed by atoms with Crippen molar-refractivity contribution < 1.29 is 23.9 Å². The van der Waals surface area contributed by atoms with Crippen LogP contribution in [0.5, 0.6) is 5.75 Å². The second-order valence-electron chi connectivity index (χ2n) is 12.2. The van der Waals surface area contributed by atoms with Crippen molar-refractivity contribution in [1.82, 2.24) is 4.98 Å². The van der Waals surface area contributed by atoms with Crippen LogP contribution < -0.4 is 14.5 Å². The summed E-state index contributed by atoms with van der Waals surface area (Å²) in [6, 6.07) is 22.1. The molecule has 8 nitrogen and oxygen atoms in total. The standard InChI is InChI=1S/C35H29ClN2O6S2/c1-2-43-34(41)19-5-11-21(12-6-19)38-32(39)27-23-15-24(28(27)33(38)40)29-26(23)25(30-31(45-29)37-35(42)46-30)18-7-13-22(14-8-18)44-16-17-3-9-20(36)10-4-17/h3-14,23-29H,2,15-16H2,1H3,(H,37,42)/t23-,24-,25+,26+,27+,28+,29-/m1/s1. The maximum absolute atomic E-state index is 14.1. The number of thiazole rings is 1. The molecule has 2 aliphatic carbocycles. The van der Waals surface area contributed by atoms with Crippen LogP contribution >= 0.6 is 34.7 Å². The van der Waals surface area contributed by atoms with Gasteiger partial charge >= 0.3 is 10.8 Å². The Balaban J connectivity index is 1.08. The Labute approximate surface area is 278 Å². The van der Waals surface area contributed by atoms with Crippen molar-refractivity contribution in [2.75, 3.05) is 11.5 Å². The zero-order valence-electron chi connectivity index (χ0n) is 24.7. The summed E-state index contributed by atoms with van der Waals surface area (Å²) in [4.78, 5) is 58.0. The zero-order valence-corrected chi connectivity index (χ0v) is 27.1. The number of halogens is 1. The van der Waals surface area contributed by atoms with Gasteiger partial charge in [0.05, 0.1) is 34.7 Å². The minimum atomic E-state index is -0.443. The van der Waals surface area contributed by atoms with Gasteiger partial charge in [-0.15, -0.1) is 11.8 Å². The van der Waals surface area contributed by atoms with Gasteiger partial charge in [-0.3, -0.25) is 19.3 Å². The van der Waals surface area contributed by atoms with E-state index in [1.807, 2.05) is 36.4 Å². The molecule has 4 aliphatic rings. The van der Waals surface area contributed by atoms with Crippen molar-refractivity contribution in [2.45, 2.75) is 36.1 Å². The first-order valence-electron chi connectivity index (χ1n) is 15.3. The van der Waals surface area contributed by atoms with Crippen molar-refractivity contribution >= 4 is 58.2 Å². The number of imide groups is 1. The van der Waals surface area contributed by atoms with E-state index in [4.69, 9.17) is 21.1 Å². The van der Waals surface area contributed by atoms with Crippen LogP contribution in [0.1, 0.15) is 45.6 Å². The first-order valence-corrected chi connectivity index (χ1v) is 17.4. The first kappa shape index (κ1) is 29.5. The van der Waals surface area contributed by atoms with Crippen LogP contribution in [-0.4, -0.2) is 34.6 Å². The highest BCUT2D eigenvalue weighted by Crippen LogP contribution is 2.68. The molecule has 2 bridgehead atoms. The van der Waals surface area contributed by atoms with Crippen LogP contribution in [0.2, 0.25) is 5.02 Å². The van der Waals surface area contributed by atoms with Gasteiger partial charge in [0.15, 0.2) is 0 Å². The molecule has 1 N–H and O–H groups in total. The summed E-state index contributed by atoms with van der Waals surface area (Å²) >= 11 is 8.91. The van der Waals surface area contributed by atoms with Crippen LogP contribution in [0.15, 0.2) is 82.6 Å². The largest absolute Gasteiger partial charge is 0.489 e. The zero-order chi connectivity index (χ0) is 31.7. The molecule has 0 unspecified atom stereocenters. The molecule has 2 saturated carbocycles. The smallest absolute Gasteiger partial charge is 0.338 e. The first-order chi connectivity index (χ1) is 22.3. The summed E-state index contributed by atoms with van der Waals surface area (Å²) in [7, 11) is 0. The Kier molecular flexibility index (Phi) is 7.34. The van der Waals surface area contributed by atoms with E-state index in [1.165, 1.54) is 16.2 Å². The quantitative estimate of drug-likeness (QED) is 0.176. The van der Waals surface area contributed by atoms with Gasteiger partial charge in [-0.2, -0.15) is 0 Å². The van der Waals surface area contributed by atoms with E-state index in [9.17, 15) is 19.2 Å². The molecule has 3 aromatic carbocycles. The fourth-order valence-corrected chi connectivity index (χ4v) is 11.1. The SMILES string of the molecule is CCOC(=O)c1ccc(N2C(=O)[C@H]3[C@H]4C[C@@H]([C@@H]3C2=O)[C@H]2[C@H](c3ccc(OCc5ccc(Cl)cc5)cc3)c3sc(=O)[nH]c3S[C@H]42)cc1. The number of carbonyl (C=O) groups is 3. The predicted molar refractivity (Wildman–Crippen MR) is 176 cm³/mol. The second-order valence-corrected chi connectivity index (χ2v) is 14.9. The minimum absolute atomic E-state index is 0.00365. The fraction of sp³-hybridized carbons (Fsp3) is 0.314. The lowest BCUT2D eigenvalue weighted by atomic mass is 9.68. The molecule has 3 heterocycles. The third-order valence-corrected chi connectivity index (χ3v) is 12.8. The Morgan fingerprint density at radius 1 is 0.935 bits per heavy atom. The van der Waals surface area contributed by atoms with E-state index >= 15 is 0 Å². The molecule has 0 radical (unpaired) electrons. The number of hydrogen-bond donors (Lipinski definition) is 1. The predicted octanol–water partition coefficient (Wildman–Crippen LogP) is 6.52. The van der Waals surface area contributed by atoms with Gasteiger partial charge in [0.1, 0.15) is 12.4 Å². The van der Waals surface area contributed by atoms with Gasteiger partial charge in [-0.1, -0.05) is 47.2 Å². The maximum Gasteiger partial charge on any atom is 0.338 e. The lowest BCUT2D eigenvalue weighted by molar-refractivity contribution is -0.123. The van der Waals surface area contributed by atoms with Crippen molar-refractivity contribution in [3.8, 4) is 5.75 Å². The molecule has 3 fully saturated rings. The van der Waals surface area contributed by atoms with Gasteiger partial charge in [-0.25, -0.2) is 4.79 Å². The van der Waals surface area contributed by atoms with Crippen LogP contribution in [0.25, 0.3) is 0 Å². The van der Waals surface area contributed by atoms with E-state index in [-0.39, 0.29) is 52.2 Å². The van der Waals surface area contributed by atoms with Gasteiger partial charge in [0, 0.05) is 21.1 Å². The van der Waals surface area contributed by atoms with Crippen molar-refractivity contribution in [2.24, 2.45) is 29.6 Å². The molecule has 0 spiro atoms. The molecule has 8 rings (SSSR count). The average molecular weight is 673 g/mol. The lowest BCUT2D eigenvalue weighted by Gasteiger charge is -2.43. The number of nitrogens with zero attached hydrogens (tertiary/aromatic N) is 1. The number of aromatic amines is 1. The highest BCUT2D eigenvalue weighted by Gasteiger charge is 2.69. The number of thioether (sulfide) groups is 1. The molecule has 4 aromatic rings. The third kappa shape index (κ3) is 4.72. The molecule has 1 saturated heterocycles. The summed E-state index contributed by atoms with van der Waals surface area (Å²) < 4.78 is 11.1. The fourth-order valence-electron chi connectivity index (χ4n) is 8.12. The number of benzene rings is 3. The summed E-state index contributed by atoms with van der Waals surface area (Å²) in [6.45, 7) is 2.42. The molecule has 11 heteroatoms. The van der Waals surface area contributed by atoms with E-state index in [2.05, 4.69) is 17.1 Å². The van der Waals surface area contributed by atoms with Crippen LogP contribution in [0, 0.1) is 29.6 Å². The van der Waals surface area contributed by atoms with Gasteiger partial charge in [0.2, 0.25) is 11.8 Å². The number of rotatable bonds is 7. The van der Waals surface area contributed by atoms with E-state index in [1.54, 1.807) is 43.0 Å². The molecule has 46 heavy (non-hydrogen) atoms. The van der Waals surface area contributed by atoms with Crippen LogP contribution in [0.4, 0.5) is 5.69 Å². The summed E-state index contributed by atoms with van der Waals surface area (Å²) in [5.74, 6) is -0.820. The van der Waals surface area contributed by atoms with E-state index in [0.29, 0.717) is 22.9 Å². The molecular weight excluding hydrogens is 644 g/mol. The Hall–Kier alpha value is -3.86. The van der Waals surface area contributed by atoms with Crippen molar-refractivity contribution in [3.05, 3.63) is 109 Å². The van der Waals surface area contributed by atoms with Gasteiger partial charge in [-0.05, 0) is 90.8 Å². The summed E-state index contributed by atoms with van der Waals surface area (Å²) in [6.07, 6.45) is 0.808. The van der Waals surface area contributed by atoms with E-state index < -0.39 is 17.8 Å². The highest BCUT2D eigenvalue weighted by molar-refractivity contribution is 8.00. The molecule has 2 aliphatic heterocycles. The van der Waals surface area contributed by atoms with E-state index in [0.717, 1.165) is 33.2 Å². The maximum atomic E-state index is 14.1. The Bertz CT molecular complexity index is 1900. The van der Waals surface area contributed by atoms with Gasteiger partial charge < -0.3 is 14.5 Å². The topological polar surface area (TPSA) is 106 Å². The number of carbonyl (C=O) groups excluding carboxylic acids is 3. The number of fused-ring (bicyclic) bond motifs is 9. The average Bonchev–Trinajstić information content (AvgIpc) is 3.80. The highest BCUT2D eigenvalue weighted by atomic mass is 35.5. The summed E-state index contributed by atoms with van der Waals surface area (Å²) in [5, 5.41) is 1.64. The van der Waals surface area contributed by atoms with Gasteiger partial charge in [0.25, 0.3) is 0 Å². The minimum Gasteiger partial charge on any atom is -0.489 e. The molecule has 234 valence electrons. The number of amides is 2. The molecule has 2 amide bonds. The van der Waals surface area contributed by atoms with Crippen molar-refractivity contribution in [1.29, 1.82) is 0 Å². The molecular formula is C35H29ClN2O6S2. The molecule has 7 atom stereocenters. The second kappa shape index (κ2) is 11.4. The molecule has 1 aromatic heterocycles. The Morgan fingerprint density at radius 2 is 1.63 bits per heavy atom. The monoisotopic (exact) mass is 672 g/mol. The number of aromatic nitrogens is 1. The normalized spacial score (nSPS) is 27.3. The van der Waals surface area contributed by atoms with Crippen LogP contribution in [0.3, 0.4) is 0 Å². The lowest BCUT2D eigenvalue weighted by Crippen LogP contribution is -2.42. The number of esters is 1. The number of hydrogen-bond acceptors (Lipinski definition) is 8. The Morgan fingerprint density at radius 3 is 2.33 bits per heavy atom.